The van der Waals surface area contributed by atoms with Gasteiger partial charge in [0.1, 0.15) is 16.4 Å². The molecule has 9 heteroatoms. The largest absolute Gasteiger partial charge is 0.495 e. The predicted octanol–water partition coefficient (Wildman–Crippen LogP) is 0.302. The van der Waals surface area contributed by atoms with Gasteiger partial charge < -0.3 is 20.1 Å². The van der Waals surface area contributed by atoms with Crippen molar-refractivity contribution in [3.8, 4) is 11.5 Å². The third-order valence-electron chi connectivity index (χ3n) is 3.32. The number of anilines is 1. The van der Waals surface area contributed by atoms with Gasteiger partial charge in [-0.3, -0.25) is 4.79 Å². The van der Waals surface area contributed by atoms with E-state index in [2.05, 4.69) is 15.4 Å². The number of ether oxygens (including phenoxy) is 2. The van der Waals surface area contributed by atoms with Crippen molar-refractivity contribution in [2.45, 2.75) is 24.8 Å². The number of hydrogen-bond donors (Lipinski definition) is 3. The van der Waals surface area contributed by atoms with Crippen LogP contribution in [0.3, 0.4) is 0 Å². The zero-order valence-electron chi connectivity index (χ0n) is 13.3. The van der Waals surface area contributed by atoms with E-state index in [4.69, 9.17) is 9.47 Å². The standard InChI is InChI=1S/C14H21N3O5S/c1-4-15-9(2)7-16-23(19,20)13-6-11-10(5-12(13)21-3)17-14(18)8-22-11/h5-6,9,15-16H,4,7-8H2,1-3H3,(H,17,18)/t9-/m1/s1. The highest BCUT2D eigenvalue weighted by atomic mass is 32.2. The average Bonchev–Trinajstić information content (AvgIpc) is 2.52. The van der Waals surface area contributed by atoms with Crippen molar-refractivity contribution in [1.29, 1.82) is 0 Å². The third kappa shape index (κ3) is 4.12. The molecule has 128 valence electrons. The number of nitrogens with one attached hydrogen (secondary N) is 3. The maximum Gasteiger partial charge on any atom is 0.262 e. The van der Waals surface area contributed by atoms with E-state index in [1.165, 1.54) is 19.2 Å². The molecule has 1 aromatic rings. The monoisotopic (exact) mass is 343 g/mol. The molecule has 23 heavy (non-hydrogen) atoms. The van der Waals surface area contributed by atoms with Gasteiger partial charge in [0.2, 0.25) is 10.0 Å². The van der Waals surface area contributed by atoms with Crippen molar-refractivity contribution in [3.63, 3.8) is 0 Å². The van der Waals surface area contributed by atoms with Crippen LogP contribution in [0.4, 0.5) is 5.69 Å². The van der Waals surface area contributed by atoms with E-state index >= 15 is 0 Å². The van der Waals surface area contributed by atoms with E-state index in [0.717, 1.165) is 6.54 Å². The first-order chi connectivity index (χ1) is 10.9. The Morgan fingerprint density at radius 1 is 1.43 bits per heavy atom. The van der Waals surface area contributed by atoms with E-state index in [9.17, 15) is 13.2 Å². The lowest BCUT2D eigenvalue weighted by Crippen LogP contribution is -2.38. The molecule has 1 aromatic carbocycles. The van der Waals surface area contributed by atoms with Gasteiger partial charge in [0.15, 0.2) is 6.61 Å². The van der Waals surface area contributed by atoms with E-state index in [-0.39, 0.29) is 35.7 Å². The van der Waals surface area contributed by atoms with Gasteiger partial charge in [-0.05, 0) is 13.5 Å². The molecule has 0 fully saturated rings. The second kappa shape index (κ2) is 7.16. The molecule has 0 unspecified atom stereocenters. The summed E-state index contributed by atoms with van der Waals surface area (Å²) in [6, 6.07) is 2.79. The number of benzene rings is 1. The molecule has 1 aliphatic rings. The van der Waals surface area contributed by atoms with E-state index in [1.807, 2.05) is 13.8 Å². The topological polar surface area (TPSA) is 106 Å². The lowest BCUT2D eigenvalue weighted by molar-refractivity contribution is -0.118. The van der Waals surface area contributed by atoms with E-state index in [1.54, 1.807) is 0 Å². The Labute approximate surface area is 135 Å². The highest BCUT2D eigenvalue weighted by Crippen LogP contribution is 2.37. The lowest BCUT2D eigenvalue weighted by atomic mass is 10.2. The summed E-state index contributed by atoms with van der Waals surface area (Å²) in [6.45, 7) is 4.67. The number of fused-ring (bicyclic) bond motifs is 1. The first-order valence-corrected chi connectivity index (χ1v) is 8.73. The summed E-state index contributed by atoms with van der Waals surface area (Å²) in [5.41, 5.74) is 0.387. The summed E-state index contributed by atoms with van der Waals surface area (Å²) >= 11 is 0. The Kier molecular flexibility index (Phi) is 5.45. The van der Waals surface area contributed by atoms with Crippen LogP contribution < -0.4 is 24.8 Å². The number of carbonyl (C=O) groups is 1. The van der Waals surface area contributed by atoms with Crippen LogP contribution in [-0.4, -0.2) is 47.2 Å². The second-order valence-electron chi connectivity index (χ2n) is 5.15. The second-order valence-corrected chi connectivity index (χ2v) is 6.88. The zero-order valence-corrected chi connectivity index (χ0v) is 14.1. The molecule has 0 spiro atoms. The van der Waals surface area contributed by atoms with Gasteiger partial charge in [0.25, 0.3) is 5.91 Å². The predicted molar refractivity (Wildman–Crippen MR) is 85.4 cm³/mol. The van der Waals surface area contributed by atoms with Gasteiger partial charge in [-0.15, -0.1) is 0 Å². The third-order valence-corrected chi connectivity index (χ3v) is 4.77. The number of methoxy groups -OCH3 is 1. The Bertz CT molecular complexity index is 690. The zero-order chi connectivity index (χ0) is 17.0. The summed E-state index contributed by atoms with van der Waals surface area (Å²) in [5.74, 6) is 0.136. The van der Waals surface area contributed by atoms with Gasteiger partial charge >= 0.3 is 0 Å². The van der Waals surface area contributed by atoms with Crippen LogP contribution in [0.2, 0.25) is 0 Å². The van der Waals surface area contributed by atoms with Crippen molar-refractivity contribution >= 4 is 21.6 Å². The lowest BCUT2D eigenvalue weighted by Gasteiger charge is -2.21. The summed E-state index contributed by atoms with van der Waals surface area (Å²) in [7, 11) is -2.40. The van der Waals surface area contributed by atoms with Gasteiger partial charge in [0, 0.05) is 24.7 Å². The molecule has 2 rings (SSSR count). The van der Waals surface area contributed by atoms with Crippen molar-refractivity contribution in [2.24, 2.45) is 0 Å². The molecule has 1 aliphatic heterocycles. The Morgan fingerprint density at radius 2 is 2.17 bits per heavy atom. The Morgan fingerprint density at radius 3 is 2.83 bits per heavy atom. The fourth-order valence-corrected chi connectivity index (χ4v) is 3.48. The average molecular weight is 343 g/mol. The summed E-state index contributed by atoms with van der Waals surface area (Å²) < 4.78 is 38.0. The Hall–Kier alpha value is -1.84. The van der Waals surface area contributed by atoms with Crippen LogP contribution in [0, 0.1) is 0 Å². The number of rotatable bonds is 7. The van der Waals surface area contributed by atoms with Crippen LogP contribution >= 0.6 is 0 Å². The molecular formula is C14H21N3O5S. The number of likely N-dealkylation sites (N-methyl/N-ethyl adjacent to an activating group) is 1. The molecular weight excluding hydrogens is 322 g/mol. The first-order valence-electron chi connectivity index (χ1n) is 7.25. The van der Waals surface area contributed by atoms with Gasteiger partial charge in [-0.2, -0.15) is 0 Å². The molecule has 1 atom stereocenters. The molecule has 0 bridgehead atoms. The molecule has 0 saturated carbocycles. The number of amides is 1. The summed E-state index contributed by atoms with van der Waals surface area (Å²) in [5, 5.41) is 5.73. The quantitative estimate of drug-likeness (QED) is 0.658. The maximum absolute atomic E-state index is 12.5. The van der Waals surface area contributed by atoms with Crippen molar-refractivity contribution in [3.05, 3.63) is 12.1 Å². The van der Waals surface area contributed by atoms with Crippen molar-refractivity contribution < 1.29 is 22.7 Å². The summed E-state index contributed by atoms with van der Waals surface area (Å²) in [4.78, 5) is 11.3. The molecule has 3 N–H and O–H groups in total. The maximum atomic E-state index is 12.5. The molecule has 0 radical (unpaired) electrons. The minimum atomic E-state index is -3.77. The normalized spacial score (nSPS) is 15.3. The van der Waals surface area contributed by atoms with Crippen LogP contribution in [-0.2, 0) is 14.8 Å². The van der Waals surface area contributed by atoms with Crippen molar-refractivity contribution in [2.75, 3.05) is 32.1 Å². The molecule has 0 aliphatic carbocycles. The van der Waals surface area contributed by atoms with Crippen molar-refractivity contribution in [1.82, 2.24) is 10.0 Å². The summed E-state index contributed by atoms with van der Waals surface area (Å²) in [6.07, 6.45) is 0. The minimum absolute atomic E-state index is 0.00562. The minimum Gasteiger partial charge on any atom is -0.495 e. The van der Waals surface area contributed by atoms with Crippen LogP contribution in [0.5, 0.6) is 11.5 Å². The number of sulfonamides is 1. The van der Waals surface area contributed by atoms with Gasteiger partial charge in [0.05, 0.1) is 12.8 Å². The van der Waals surface area contributed by atoms with E-state index in [0.29, 0.717) is 11.4 Å². The molecule has 1 amide bonds. The molecule has 1 heterocycles. The SMILES string of the molecule is CCN[C@H](C)CNS(=O)(=O)c1cc2c(cc1OC)NC(=O)CO2. The highest BCUT2D eigenvalue weighted by molar-refractivity contribution is 7.89. The van der Waals surface area contributed by atoms with Crippen LogP contribution in [0.1, 0.15) is 13.8 Å². The number of hydrogen-bond acceptors (Lipinski definition) is 6. The molecule has 8 nitrogen and oxygen atoms in total. The highest BCUT2D eigenvalue weighted by Gasteiger charge is 2.25. The fourth-order valence-electron chi connectivity index (χ4n) is 2.19. The van der Waals surface area contributed by atoms with E-state index < -0.39 is 10.0 Å². The first kappa shape index (κ1) is 17.5. The molecule has 0 saturated heterocycles. The van der Waals surface area contributed by atoms with Gasteiger partial charge in [-0.25, -0.2) is 13.1 Å². The van der Waals surface area contributed by atoms with Crippen LogP contribution in [0.15, 0.2) is 17.0 Å². The smallest absolute Gasteiger partial charge is 0.262 e. The molecule has 0 aromatic heterocycles. The van der Waals surface area contributed by atoms with Crippen LogP contribution in [0.25, 0.3) is 0 Å². The Balaban J connectivity index is 2.28. The number of carbonyl (C=O) groups excluding carboxylic acids is 1. The van der Waals surface area contributed by atoms with Gasteiger partial charge in [-0.1, -0.05) is 6.92 Å². The fraction of sp³-hybridized carbons (Fsp3) is 0.500.